The molecule has 0 saturated heterocycles. The normalized spacial score (nSPS) is 11.0. The summed E-state index contributed by atoms with van der Waals surface area (Å²) in [5, 5.41) is 9.55. The largest absolute Gasteiger partial charge is 0.383 e. The third kappa shape index (κ3) is 4.26. The Hall–Kier alpha value is -2.51. The standard InChI is InChI=1S/C20H24N4O2S/c1-13-16(7-8-18(22-13)19-6-5-11-27-19)20(25)21-12-17-14(2)23-24(15(17)3)9-10-26-4/h5-8,11H,9-10,12H2,1-4H3,(H,21,25). The topological polar surface area (TPSA) is 69.0 Å². The van der Waals surface area contributed by atoms with Gasteiger partial charge in [0.25, 0.3) is 5.91 Å². The molecule has 0 spiro atoms. The summed E-state index contributed by atoms with van der Waals surface area (Å²) >= 11 is 1.64. The number of thiophene rings is 1. The zero-order valence-electron chi connectivity index (χ0n) is 16.1. The first-order valence-electron chi connectivity index (χ1n) is 8.82. The van der Waals surface area contributed by atoms with Crippen molar-refractivity contribution in [2.24, 2.45) is 0 Å². The van der Waals surface area contributed by atoms with E-state index in [1.807, 2.05) is 55.1 Å². The van der Waals surface area contributed by atoms with Gasteiger partial charge in [-0.15, -0.1) is 11.3 Å². The van der Waals surface area contributed by atoms with Crippen LogP contribution in [0.1, 0.15) is 33.0 Å². The number of carbonyl (C=O) groups is 1. The minimum Gasteiger partial charge on any atom is -0.383 e. The van der Waals surface area contributed by atoms with Crippen LogP contribution in [0.4, 0.5) is 0 Å². The number of aryl methyl sites for hydroxylation is 2. The molecular weight excluding hydrogens is 360 g/mol. The second-order valence-corrected chi connectivity index (χ2v) is 7.30. The second-order valence-electron chi connectivity index (χ2n) is 6.35. The molecule has 1 amide bonds. The molecule has 6 nitrogen and oxygen atoms in total. The van der Waals surface area contributed by atoms with Gasteiger partial charge in [0, 0.05) is 24.9 Å². The van der Waals surface area contributed by atoms with E-state index in [4.69, 9.17) is 4.74 Å². The zero-order chi connectivity index (χ0) is 19.4. The van der Waals surface area contributed by atoms with Crippen molar-refractivity contribution in [2.75, 3.05) is 13.7 Å². The van der Waals surface area contributed by atoms with Crippen LogP contribution in [0.5, 0.6) is 0 Å². The first-order chi connectivity index (χ1) is 13.0. The molecule has 0 bridgehead atoms. The van der Waals surface area contributed by atoms with E-state index in [9.17, 15) is 4.79 Å². The van der Waals surface area contributed by atoms with Gasteiger partial charge in [0.05, 0.1) is 40.7 Å². The van der Waals surface area contributed by atoms with Gasteiger partial charge in [0.15, 0.2) is 0 Å². The highest BCUT2D eigenvalue weighted by molar-refractivity contribution is 7.13. The third-order valence-corrected chi connectivity index (χ3v) is 5.46. The summed E-state index contributed by atoms with van der Waals surface area (Å²) in [5.74, 6) is -0.124. The molecule has 3 aromatic heterocycles. The molecule has 0 radical (unpaired) electrons. The summed E-state index contributed by atoms with van der Waals surface area (Å²) in [7, 11) is 1.67. The number of aromatic nitrogens is 3. The molecule has 7 heteroatoms. The summed E-state index contributed by atoms with van der Waals surface area (Å²) in [4.78, 5) is 18.3. The fourth-order valence-corrected chi connectivity index (χ4v) is 3.71. The Balaban J connectivity index is 1.70. The number of rotatable bonds is 7. The van der Waals surface area contributed by atoms with Crippen molar-refractivity contribution in [3.8, 4) is 10.6 Å². The maximum absolute atomic E-state index is 12.6. The van der Waals surface area contributed by atoms with Crippen LogP contribution in [0.2, 0.25) is 0 Å². The lowest BCUT2D eigenvalue weighted by Crippen LogP contribution is -2.24. The van der Waals surface area contributed by atoms with Crippen LogP contribution in [0.15, 0.2) is 29.6 Å². The van der Waals surface area contributed by atoms with Gasteiger partial charge >= 0.3 is 0 Å². The summed E-state index contributed by atoms with van der Waals surface area (Å²) in [5.41, 5.74) is 5.23. The fraction of sp³-hybridized carbons (Fsp3) is 0.350. The first-order valence-corrected chi connectivity index (χ1v) is 9.70. The maximum atomic E-state index is 12.6. The number of ether oxygens (including phenoxy) is 1. The van der Waals surface area contributed by atoms with E-state index in [1.165, 1.54) is 0 Å². The maximum Gasteiger partial charge on any atom is 0.253 e. The molecule has 0 unspecified atom stereocenters. The molecule has 1 N–H and O–H groups in total. The van der Waals surface area contributed by atoms with Crippen LogP contribution >= 0.6 is 11.3 Å². The van der Waals surface area contributed by atoms with E-state index in [1.54, 1.807) is 18.4 Å². The van der Waals surface area contributed by atoms with Gasteiger partial charge < -0.3 is 10.1 Å². The smallest absolute Gasteiger partial charge is 0.253 e. The van der Waals surface area contributed by atoms with Crippen LogP contribution in [0.3, 0.4) is 0 Å². The van der Waals surface area contributed by atoms with Gasteiger partial charge in [0.2, 0.25) is 0 Å². The highest BCUT2D eigenvalue weighted by Gasteiger charge is 2.15. The van der Waals surface area contributed by atoms with Crippen LogP contribution < -0.4 is 5.32 Å². The van der Waals surface area contributed by atoms with Crippen molar-refractivity contribution in [3.63, 3.8) is 0 Å². The van der Waals surface area contributed by atoms with Gasteiger partial charge in [-0.2, -0.15) is 5.10 Å². The SMILES string of the molecule is COCCn1nc(C)c(CNC(=O)c2ccc(-c3cccs3)nc2C)c1C. The molecule has 0 aromatic carbocycles. The quantitative estimate of drug-likeness (QED) is 0.677. The van der Waals surface area contributed by atoms with Gasteiger partial charge in [-0.05, 0) is 44.4 Å². The number of amides is 1. The Morgan fingerprint density at radius 3 is 2.70 bits per heavy atom. The summed E-state index contributed by atoms with van der Waals surface area (Å²) in [6.45, 7) is 7.58. The molecule has 0 aliphatic rings. The Bertz CT molecular complexity index is 932. The number of hydrogen-bond acceptors (Lipinski definition) is 5. The zero-order valence-corrected chi connectivity index (χ0v) is 16.9. The van der Waals surface area contributed by atoms with E-state index in [0.29, 0.717) is 25.3 Å². The summed E-state index contributed by atoms with van der Waals surface area (Å²) < 4.78 is 7.04. The molecule has 3 heterocycles. The average Bonchev–Trinajstić information content (AvgIpc) is 3.27. The molecule has 0 aliphatic heterocycles. The van der Waals surface area contributed by atoms with Gasteiger partial charge in [-0.25, -0.2) is 0 Å². The second kappa shape index (κ2) is 8.45. The molecule has 0 aliphatic carbocycles. The van der Waals surface area contributed by atoms with Crippen molar-refractivity contribution >= 4 is 17.2 Å². The van der Waals surface area contributed by atoms with Gasteiger partial charge in [-0.1, -0.05) is 6.07 Å². The van der Waals surface area contributed by atoms with E-state index >= 15 is 0 Å². The highest BCUT2D eigenvalue weighted by Crippen LogP contribution is 2.23. The number of carbonyl (C=O) groups excluding carboxylic acids is 1. The van der Waals surface area contributed by atoms with Crippen LogP contribution in [-0.4, -0.2) is 34.4 Å². The Kier molecular flexibility index (Phi) is 6.03. The predicted octanol–water partition coefficient (Wildman–Crippen LogP) is 3.51. The Morgan fingerprint density at radius 2 is 2.04 bits per heavy atom. The monoisotopic (exact) mass is 384 g/mol. The summed E-state index contributed by atoms with van der Waals surface area (Å²) in [6.07, 6.45) is 0. The van der Waals surface area contributed by atoms with Crippen molar-refractivity contribution in [2.45, 2.75) is 33.9 Å². The molecule has 0 atom stereocenters. The Morgan fingerprint density at radius 1 is 1.22 bits per heavy atom. The lowest BCUT2D eigenvalue weighted by Gasteiger charge is -2.09. The molecule has 142 valence electrons. The van der Waals surface area contributed by atoms with Crippen LogP contribution in [-0.2, 0) is 17.8 Å². The van der Waals surface area contributed by atoms with Crippen molar-refractivity contribution in [3.05, 3.63) is 57.9 Å². The van der Waals surface area contributed by atoms with E-state index in [-0.39, 0.29) is 5.91 Å². The first kappa shape index (κ1) is 19.3. The van der Waals surface area contributed by atoms with Crippen molar-refractivity contribution in [1.29, 1.82) is 0 Å². The van der Waals surface area contributed by atoms with Crippen molar-refractivity contribution in [1.82, 2.24) is 20.1 Å². The van der Waals surface area contributed by atoms with Crippen molar-refractivity contribution < 1.29 is 9.53 Å². The molecule has 3 rings (SSSR count). The minimum absolute atomic E-state index is 0.124. The molecule has 27 heavy (non-hydrogen) atoms. The molecule has 3 aromatic rings. The highest BCUT2D eigenvalue weighted by atomic mass is 32.1. The molecular formula is C20H24N4O2S. The average molecular weight is 385 g/mol. The van der Waals surface area contributed by atoms with Gasteiger partial charge in [0.1, 0.15) is 0 Å². The number of nitrogens with one attached hydrogen (secondary N) is 1. The van der Waals surface area contributed by atoms with Gasteiger partial charge in [-0.3, -0.25) is 14.5 Å². The number of pyridine rings is 1. The number of nitrogens with zero attached hydrogens (tertiary/aromatic N) is 3. The number of methoxy groups -OCH3 is 1. The van der Waals surface area contributed by atoms with E-state index in [2.05, 4.69) is 15.4 Å². The fourth-order valence-electron chi connectivity index (χ4n) is 3.01. The van der Waals surface area contributed by atoms with Crippen LogP contribution in [0.25, 0.3) is 10.6 Å². The summed E-state index contributed by atoms with van der Waals surface area (Å²) in [6, 6.07) is 7.76. The predicted molar refractivity (Wildman–Crippen MR) is 107 cm³/mol. The minimum atomic E-state index is -0.124. The van der Waals surface area contributed by atoms with E-state index < -0.39 is 0 Å². The van der Waals surface area contributed by atoms with Crippen LogP contribution in [0, 0.1) is 20.8 Å². The molecule has 0 saturated carbocycles. The lowest BCUT2D eigenvalue weighted by atomic mass is 10.1. The van der Waals surface area contributed by atoms with E-state index in [0.717, 1.165) is 33.2 Å². The lowest BCUT2D eigenvalue weighted by molar-refractivity contribution is 0.0950. The Labute approximate surface area is 163 Å². The number of hydrogen-bond donors (Lipinski definition) is 1. The molecule has 0 fully saturated rings. The third-order valence-electron chi connectivity index (χ3n) is 4.57.